The molecule has 2 N–H and O–H groups in total. The summed E-state index contributed by atoms with van der Waals surface area (Å²) in [5, 5.41) is 6.34. The summed E-state index contributed by atoms with van der Waals surface area (Å²) in [5.74, 6) is 0.740. The predicted molar refractivity (Wildman–Crippen MR) is 81.8 cm³/mol. The van der Waals surface area contributed by atoms with Gasteiger partial charge in [-0.05, 0) is 29.4 Å². The number of rotatable bonds is 5. The smallest absolute Gasteiger partial charge is 0.251 e. The maximum absolute atomic E-state index is 12.3. The fourth-order valence-electron chi connectivity index (χ4n) is 2.69. The highest BCUT2D eigenvalue weighted by atomic mass is 16.1. The summed E-state index contributed by atoms with van der Waals surface area (Å²) in [7, 11) is 0. The van der Waals surface area contributed by atoms with Gasteiger partial charge in [0, 0.05) is 24.3 Å². The average Bonchev–Trinajstić information content (AvgIpc) is 2.79. The highest BCUT2D eigenvalue weighted by molar-refractivity contribution is 5.95. The van der Waals surface area contributed by atoms with Crippen molar-refractivity contribution in [3.63, 3.8) is 0 Å². The number of aromatic nitrogens is 1. The lowest BCUT2D eigenvalue weighted by molar-refractivity contribution is 0.0943. The van der Waals surface area contributed by atoms with Gasteiger partial charge in [0.1, 0.15) is 5.82 Å². The summed E-state index contributed by atoms with van der Waals surface area (Å²) in [5.41, 5.74) is 0.968. The summed E-state index contributed by atoms with van der Waals surface area (Å²) in [4.78, 5) is 16.6. The molecule has 110 valence electrons. The Morgan fingerprint density at radius 2 is 1.95 bits per heavy atom. The van der Waals surface area contributed by atoms with Gasteiger partial charge in [0.2, 0.25) is 0 Å². The van der Waals surface area contributed by atoms with Crippen LogP contribution in [-0.2, 0) is 0 Å². The normalized spacial score (nSPS) is 19.4. The van der Waals surface area contributed by atoms with E-state index >= 15 is 0 Å². The van der Waals surface area contributed by atoms with Gasteiger partial charge in [-0.1, -0.05) is 34.6 Å². The van der Waals surface area contributed by atoms with Crippen LogP contribution in [0.3, 0.4) is 0 Å². The van der Waals surface area contributed by atoms with Crippen molar-refractivity contribution in [2.24, 2.45) is 10.8 Å². The SMILES string of the molecule is CCCNc1cc(C(=O)NC2C(C)(C)C2(C)C)ccn1. The lowest BCUT2D eigenvalue weighted by Gasteiger charge is -2.09. The molecule has 0 spiro atoms. The molecular formula is C16H25N3O. The molecule has 0 unspecified atom stereocenters. The monoisotopic (exact) mass is 275 g/mol. The Kier molecular flexibility index (Phi) is 3.76. The number of hydrogen-bond acceptors (Lipinski definition) is 3. The first kappa shape index (κ1) is 14.8. The molecule has 0 atom stereocenters. The van der Waals surface area contributed by atoms with Crippen LogP contribution >= 0.6 is 0 Å². The van der Waals surface area contributed by atoms with Gasteiger partial charge >= 0.3 is 0 Å². The topological polar surface area (TPSA) is 54.0 Å². The van der Waals surface area contributed by atoms with Crippen LogP contribution in [0.15, 0.2) is 18.3 Å². The van der Waals surface area contributed by atoms with E-state index in [0.29, 0.717) is 5.56 Å². The molecule has 2 rings (SSSR count). The van der Waals surface area contributed by atoms with Crippen molar-refractivity contribution < 1.29 is 4.79 Å². The number of carbonyl (C=O) groups is 1. The van der Waals surface area contributed by atoms with Crippen LogP contribution in [0.25, 0.3) is 0 Å². The summed E-state index contributed by atoms with van der Waals surface area (Å²) < 4.78 is 0. The first-order valence-corrected chi connectivity index (χ1v) is 7.31. The molecule has 1 aliphatic carbocycles. The van der Waals surface area contributed by atoms with Crippen LogP contribution in [0.4, 0.5) is 5.82 Å². The van der Waals surface area contributed by atoms with E-state index in [-0.39, 0.29) is 22.8 Å². The van der Waals surface area contributed by atoms with Gasteiger partial charge in [-0.25, -0.2) is 4.98 Å². The largest absolute Gasteiger partial charge is 0.370 e. The number of anilines is 1. The zero-order valence-electron chi connectivity index (χ0n) is 13.1. The maximum Gasteiger partial charge on any atom is 0.251 e. The molecule has 1 aliphatic rings. The van der Waals surface area contributed by atoms with Crippen LogP contribution in [-0.4, -0.2) is 23.5 Å². The van der Waals surface area contributed by atoms with Gasteiger partial charge in [0.15, 0.2) is 0 Å². The zero-order valence-corrected chi connectivity index (χ0v) is 13.1. The molecule has 4 nitrogen and oxygen atoms in total. The summed E-state index contributed by atoms with van der Waals surface area (Å²) in [6.45, 7) is 11.7. The highest BCUT2D eigenvalue weighted by Gasteiger charge is 2.65. The number of hydrogen-bond donors (Lipinski definition) is 2. The first-order chi connectivity index (χ1) is 9.30. The second-order valence-electron chi connectivity index (χ2n) is 6.71. The van der Waals surface area contributed by atoms with Crippen molar-refractivity contribution in [1.29, 1.82) is 0 Å². The van der Waals surface area contributed by atoms with Crippen molar-refractivity contribution in [1.82, 2.24) is 10.3 Å². The molecule has 1 fully saturated rings. The predicted octanol–water partition coefficient (Wildman–Crippen LogP) is 3.07. The number of amides is 1. The molecular weight excluding hydrogens is 250 g/mol. The molecule has 1 aromatic rings. The standard InChI is InChI=1S/C16H25N3O/c1-6-8-17-12-10-11(7-9-18-12)13(20)19-14-15(2,3)16(14,4)5/h7,9-10,14H,6,8H2,1-5H3,(H,17,18)(H,19,20). The molecule has 0 saturated heterocycles. The molecule has 4 heteroatoms. The molecule has 1 heterocycles. The minimum atomic E-state index is -0.0180. The van der Waals surface area contributed by atoms with Crippen molar-refractivity contribution in [3.8, 4) is 0 Å². The molecule has 1 amide bonds. The Morgan fingerprint density at radius 3 is 2.50 bits per heavy atom. The van der Waals surface area contributed by atoms with E-state index in [4.69, 9.17) is 0 Å². The van der Waals surface area contributed by atoms with Gasteiger partial charge in [0.25, 0.3) is 5.91 Å². The number of nitrogens with zero attached hydrogens (tertiary/aromatic N) is 1. The van der Waals surface area contributed by atoms with Gasteiger partial charge < -0.3 is 10.6 Å². The third-order valence-electron chi connectivity index (χ3n) is 4.87. The Bertz CT molecular complexity index is 494. The van der Waals surface area contributed by atoms with Crippen molar-refractivity contribution in [2.45, 2.75) is 47.1 Å². The van der Waals surface area contributed by atoms with Gasteiger partial charge in [-0.3, -0.25) is 4.79 Å². The molecule has 0 radical (unpaired) electrons. The van der Waals surface area contributed by atoms with E-state index in [1.54, 1.807) is 12.3 Å². The summed E-state index contributed by atoms with van der Waals surface area (Å²) >= 11 is 0. The minimum Gasteiger partial charge on any atom is -0.370 e. The van der Waals surface area contributed by atoms with E-state index in [0.717, 1.165) is 18.8 Å². The zero-order chi connectivity index (χ0) is 15.0. The van der Waals surface area contributed by atoms with Crippen LogP contribution in [0.5, 0.6) is 0 Å². The highest BCUT2D eigenvalue weighted by Crippen LogP contribution is 2.62. The Balaban J connectivity index is 2.03. The first-order valence-electron chi connectivity index (χ1n) is 7.31. The van der Waals surface area contributed by atoms with E-state index in [2.05, 4.69) is 50.2 Å². The fourth-order valence-corrected chi connectivity index (χ4v) is 2.69. The van der Waals surface area contributed by atoms with Crippen molar-refractivity contribution in [3.05, 3.63) is 23.9 Å². The molecule has 0 bridgehead atoms. The van der Waals surface area contributed by atoms with Gasteiger partial charge in [0.05, 0.1) is 0 Å². The Labute approximate surface area is 121 Å². The van der Waals surface area contributed by atoms with Crippen molar-refractivity contribution >= 4 is 11.7 Å². The summed E-state index contributed by atoms with van der Waals surface area (Å²) in [6, 6.07) is 3.80. The van der Waals surface area contributed by atoms with E-state index in [1.807, 2.05) is 6.07 Å². The molecule has 0 aromatic carbocycles. The van der Waals surface area contributed by atoms with Gasteiger partial charge in [-0.15, -0.1) is 0 Å². The minimum absolute atomic E-state index is 0.0180. The third kappa shape index (κ3) is 2.51. The van der Waals surface area contributed by atoms with Crippen LogP contribution < -0.4 is 10.6 Å². The lowest BCUT2D eigenvalue weighted by atomic mass is 10.0. The van der Waals surface area contributed by atoms with E-state index in [9.17, 15) is 4.79 Å². The lowest BCUT2D eigenvalue weighted by Crippen LogP contribution is -2.29. The van der Waals surface area contributed by atoms with Crippen LogP contribution in [0, 0.1) is 10.8 Å². The van der Waals surface area contributed by atoms with Crippen LogP contribution in [0.2, 0.25) is 0 Å². The second kappa shape index (κ2) is 5.08. The average molecular weight is 275 g/mol. The molecule has 1 aromatic heterocycles. The van der Waals surface area contributed by atoms with E-state index < -0.39 is 0 Å². The molecule has 1 saturated carbocycles. The number of pyridine rings is 1. The molecule has 20 heavy (non-hydrogen) atoms. The second-order valence-corrected chi connectivity index (χ2v) is 6.71. The molecule has 0 aliphatic heterocycles. The van der Waals surface area contributed by atoms with Crippen LogP contribution in [0.1, 0.15) is 51.4 Å². The summed E-state index contributed by atoms with van der Waals surface area (Å²) in [6.07, 6.45) is 2.71. The fraction of sp³-hybridized carbons (Fsp3) is 0.625. The van der Waals surface area contributed by atoms with Gasteiger partial charge in [-0.2, -0.15) is 0 Å². The van der Waals surface area contributed by atoms with E-state index in [1.165, 1.54) is 0 Å². The quantitative estimate of drug-likeness (QED) is 0.868. The Morgan fingerprint density at radius 1 is 1.30 bits per heavy atom. The Hall–Kier alpha value is -1.58. The maximum atomic E-state index is 12.3. The number of nitrogens with one attached hydrogen (secondary N) is 2. The third-order valence-corrected chi connectivity index (χ3v) is 4.87. The number of carbonyl (C=O) groups excluding carboxylic acids is 1. The van der Waals surface area contributed by atoms with Crippen molar-refractivity contribution in [2.75, 3.05) is 11.9 Å².